The van der Waals surface area contributed by atoms with Gasteiger partial charge in [0.1, 0.15) is 0 Å². The fourth-order valence-corrected chi connectivity index (χ4v) is 2.59. The van der Waals surface area contributed by atoms with E-state index in [-0.39, 0.29) is 18.1 Å². The Morgan fingerprint density at radius 1 is 1.32 bits per heavy atom. The number of nitro groups is 1. The number of amides is 1. The number of hydrogen-bond donors (Lipinski definition) is 2. The number of nitrogens with one attached hydrogen (secondary N) is 1. The Kier molecular flexibility index (Phi) is 6.49. The van der Waals surface area contributed by atoms with E-state index in [1.54, 1.807) is 6.92 Å². The van der Waals surface area contributed by atoms with Crippen molar-refractivity contribution in [2.24, 2.45) is 0 Å². The normalized spacial score (nSPS) is 11.3. The first-order valence-electron chi connectivity index (χ1n) is 7.58. The molecule has 0 radical (unpaired) electrons. The molecule has 0 saturated heterocycles. The number of nitrogens with zero attached hydrogens (tertiary/aromatic N) is 1. The molecule has 1 aromatic rings. The van der Waals surface area contributed by atoms with E-state index in [1.165, 1.54) is 18.2 Å². The maximum absolute atomic E-state index is 12.2. The number of rotatable bonds is 8. The van der Waals surface area contributed by atoms with Gasteiger partial charge in [-0.2, -0.15) is 0 Å². The van der Waals surface area contributed by atoms with Gasteiger partial charge >= 0.3 is 0 Å². The molecule has 6 heteroatoms. The second-order valence-electron chi connectivity index (χ2n) is 5.66. The average molecular weight is 308 g/mol. The first-order valence-corrected chi connectivity index (χ1v) is 7.58. The molecule has 1 amide bonds. The van der Waals surface area contributed by atoms with Gasteiger partial charge in [0, 0.05) is 24.2 Å². The summed E-state index contributed by atoms with van der Waals surface area (Å²) in [6.45, 7) is 5.82. The van der Waals surface area contributed by atoms with E-state index in [0.717, 1.165) is 12.8 Å². The minimum absolute atomic E-state index is 0.0393. The van der Waals surface area contributed by atoms with Gasteiger partial charge in [-0.25, -0.2) is 0 Å². The number of non-ortho nitro benzene ring substituents is 1. The van der Waals surface area contributed by atoms with E-state index in [9.17, 15) is 20.0 Å². The number of carbonyl (C=O) groups is 1. The molecule has 0 fully saturated rings. The van der Waals surface area contributed by atoms with Crippen molar-refractivity contribution in [2.75, 3.05) is 6.54 Å². The van der Waals surface area contributed by atoms with Crippen LogP contribution in [0.25, 0.3) is 0 Å². The van der Waals surface area contributed by atoms with E-state index in [0.29, 0.717) is 24.0 Å². The lowest BCUT2D eigenvalue weighted by molar-refractivity contribution is -0.384. The molecular weight excluding hydrogens is 284 g/mol. The van der Waals surface area contributed by atoms with Gasteiger partial charge in [0.25, 0.3) is 11.6 Å². The number of nitro benzene ring substituents is 1. The van der Waals surface area contributed by atoms with Crippen molar-refractivity contribution in [1.29, 1.82) is 0 Å². The molecular formula is C16H24N2O4. The van der Waals surface area contributed by atoms with E-state index >= 15 is 0 Å². The molecule has 0 aliphatic carbocycles. The summed E-state index contributed by atoms with van der Waals surface area (Å²) in [6, 6.07) is 4.13. The highest BCUT2D eigenvalue weighted by atomic mass is 16.6. The SMILES string of the molecule is CCCC(O)(CCC)CNC(=O)c1ccc([N+](=O)[O-])cc1C. The fraction of sp³-hybridized carbons (Fsp3) is 0.562. The quantitative estimate of drug-likeness (QED) is 0.570. The van der Waals surface area contributed by atoms with Gasteiger partial charge in [0.2, 0.25) is 0 Å². The van der Waals surface area contributed by atoms with Gasteiger partial charge in [-0.3, -0.25) is 14.9 Å². The molecule has 0 heterocycles. The van der Waals surface area contributed by atoms with Crippen molar-refractivity contribution in [1.82, 2.24) is 5.32 Å². The van der Waals surface area contributed by atoms with Crippen LogP contribution in [0.1, 0.15) is 55.5 Å². The van der Waals surface area contributed by atoms with Crippen LogP contribution < -0.4 is 5.32 Å². The fourth-order valence-electron chi connectivity index (χ4n) is 2.59. The molecule has 0 bridgehead atoms. The Bertz CT molecular complexity index is 537. The Hall–Kier alpha value is -1.95. The summed E-state index contributed by atoms with van der Waals surface area (Å²) in [5, 5.41) is 23.9. The minimum atomic E-state index is -0.895. The van der Waals surface area contributed by atoms with Crippen LogP contribution >= 0.6 is 0 Å². The van der Waals surface area contributed by atoms with Crippen LogP contribution in [0.5, 0.6) is 0 Å². The largest absolute Gasteiger partial charge is 0.388 e. The smallest absolute Gasteiger partial charge is 0.269 e. The van der Waals surface area contributed by atoms with Crippen molar-refractivity contribution in [3.63, 3.8) is 0 Å². The third-order valence-corrected chi connectivity index (χ3v) is 3.67. The maximum atomic E-state index is 12.2. The zero-order chi connectivity index (χ0) is 16.8. The predicted octanol–water partition coefficient (Wildman–Crippen LogP) is 2.96. The molecule has 0 atom stereocenters. The lowest BCUT2D eigenvalue weighted by Crippen LogP contribution is -2.43. The van der Waals surface area contributed by atoms with Crippen LogP contribution in [0.15, 0.2) is 18.2 Å². The van der Waals surface area contributed by atoms with Gasteiger partial charge < -0.3 is 10.4 Å². The van der Waals surface area contributed by atoms with E-state index in [4.69, 9.17) is 0 Å². The summed E-state index contributed by atoms with van der Waals surface area (Å²) in [5.41, 5.74) is -0.00177. The van der Waals surface area contributed by atoms with Crippen molar-refractivity contribution >= 4 is 11.6 Å². The van der Waals surface area contributed by atoms with Crippen molar-refractivity contribution in [2.45, 2.75) is 52.1 Å². The lowest BCUT2D eigenvalue weighted by atomic mass is 9.92. The van der Waals surface area contributed by atoms with Crippen molar-refractivity contribution in [3.8, 4) is 0 Å². The molecule has 1 aromatic carbocycles. The number of hydrogen-bond acceptors (Lipinski definition) is 4. The number of carbonyl (C=O) groups excluding carboxylic acids is 1. The number of aryl methyl sites for hydroxylation is 1. The van der Waals surface area contributed by atoms with Gasteiger partial charge in [-0.1, -0.05) is 26.7 Å². The average Bonchev–Trinajstić information content (AvgIpc) is 2.45. The van der Waals surface area contributed by atoms with Crippen LogP contribution in [-0.2, 0) is 0 Å². The van der Waals surface area contributed by atoms with Crippen LogP contribution in [0, 0.1) is 17.0 Å². The highest BCUT2D eigenvalue weighted by molar-refractivity contribution is 5.95. The number of benzene rings is 1. The first-order chi connectivity index (χ1) is 10.3. The predicted molar refractivity (Wildman–Crippen MR) is 84.9 cm³/mol. The summed E-state index contributed by atoms with van der Waals surface area (Å²) < 4.78 is 0. The van der Waals surface area contributed by atoms with Gasteiger partial charge in [0.05, 0.1) is 10.5 Å². The monoisotopic (exact) mass is 308 g/mol. The summed E-state index contributed by atoms with van der Waals surface area (Å²) in [6.07, 6.45) is 2.92. The van der Waals surface area contributed by atoms with Gasteiger partial charge in [0.15, 0.2) is 0 Å². The molecule has 0 aliphatic heterocycles. The van der Waals surface area contributed by atoms with E-state index < -0.39 is 10.5 Å². The standard InChI is InChI=1S/C16H24N2O4/c1-4-8-16(20,9-5-2)11-17-15(19)14-7-6-13(18(21)22)10-12(14)3/h6-7,10,20H,4-5,8-9,11H2,1-3H3,(H,17,19). The molecule has 2 N–H and O–H groups in total. The zero-order valence-electron chi connectivity index (χ0n) is 13.4. The van der Waals surface area contributed by atoms with Crippen molar-refractivity contribution in [3.05, 3.63) is 39.4 Å². The Morgan fingerprint density at radius 3 is 2.36 bits per heavy atom. The van der Waals surface area contributed by atoms with E-state index in [2.05, 4.69) is 5.32 Å². The first kappa shape index (κ1) is 18.1. The summed E-state index contributed by atoms with van der Waals surface area (Å²) >= 11 is 0. The summed E-state index contributed by atoms with van der Waals surface area (Å²) in [4.78, 5) is 22.4. The summed E-state index contributed by atoms with van der Waals surface area (Å²) in [5.74, 6) is -0.321. The molecule has 122 valence electrons. The molecule has 1 rings (SSSR count). The second kappa shape index (κ2) is 7.89. The molecule has 22 heavy (non-hydrogen) atoms. The van der Waals surface area contributed by atoms with Crippen LogP contribution in [0.2, 0.25) is 0 Å². The Labute approximate surface area is 130 Å². The molecule has 0 aliphatic rings. The maximum Gasteiger partial charge on any atom is 0.269 e. The second-order valence-corrected chi connectivity index (χ2v) is 5.66. The van der Waals surface area contributed by atoms with Crippen LogP contribution in [0.4, 0.5) is 5.69 Å². The topological polar surface area (TPSA) is 92.5 Å². The van der Waals surface area contributed by atoms with Gasteiger partial charge in [-0.05, 0) is 31.4 Å². The highest BCUT2D eigenvalue weighted by Crippen LogP contribution is 2.20. The highest BCUT2D eigenvalue weighted by Gasteiger charge is 2.26. The number of aliphatic hydroxyl groups is 1. The Morgan fingerprint density at radius 2 is 1.91 bits per heavy atom. The third kappa shape index (κ3) is 4.80. The molecule has 0 unspecified atom stereocenters. The lowest BCUT2D eigenvalue weighted by Gasteiger charge is -2.27. The summed E-state index contributed by atoms with van der Waals surface area (Å²) in [7, 11) is 0. The van der Waals surface area contributed by atoms with Crippen LogP contribution in [0.3, 0.4) is 0 Å². The van der Waals surface area contributed by atoms with Gasteiger partial charge in [-0.15, -0.1) is 0 Å². The molecule has 0 aromatic heterocycles. The van der Waals surface area contributed by atoms with Crippen molar-refractivity contribution < 1.29 is 14.8 Å². The molecule has 6 nitrogen and oxygen atoms in total. The third-order valence-electron chi connectivity index (χ3n) is 3.67. The Balaban J connectivity index is 2.78. The molecule has 0 saturated carbocycles. The van der Waals surface area contributed by atoms with E-state index in [1.807, 2.05) is 13.8 Å². The zero-order valence-corrected chi connectivity index (χ0v) is 13.4. The van der Waals surface area contributed by atoms with Crippen LogP contribution in [-0.4, -0.2) is 28.1 Å². The minimum Gasteiger partial charge on any atom is -0.388 e. The molecule has 0 spiro atoms.